The third-order valence-electron chi connectivity index (χ3n) is 6.67. The van der Waals surface area contributed by atoms with E-state index in [9.17, 15) is 32.3 Å². The van der Waals surface area contributed by atoms with Gasteiger partial charge in [0.25, 0.3) is 11.8 Å². The van der Waals surface area contributed by atoms with Gasteiger partial charge in [0.15, 0.2) is 6.61 Å². The number of amides is 2. The van der Waals surface area contributed by atoms with E-state index >= 15 is 0 Å². The molecule has 1 heterocycles. The summed E-state index contributed by atoms with van der Waals surface area (Å²) in [5.41, 5.74) is -3.09. The van der Waals surface area contributed by atoms with E-state index in [0.717, 1.165) is 18.3 Å². The molecule has 0 aliphatic heterocycles. The van der Waals surface area contributed by atoms with E-state index in [-0.39, 0.29) is 22.9 Å². The van der Waals surface area contributed by atoms with Crippen molar-refractivity contribution >= 4 is 23.4 Å². The summed E-state index contributed by atoms with van der Waals surface area (Å²) in [6.45, 7) is -0.404. The van der Waals surface area contributed by atoms with Crippen LogP contribution in [0.2, 0.25) is 5.02 Å². The molecule has 7 nitrogen and oxygen atoms in total. The molecule has 12 heteroatoms. The van der Waals surface area contributed by atoms with Crippen molar-refractivity contribution in [3.63, 3.8) is 0 Å². The topological polar surface area (TPSA) is 101 Å². The van der Waals surface area contributed by atoms with Crippen molar-refractivity contribution < 1.29 is 37.0 Å². The molecule has 1 atom stereocenters. The molecule has 5 rings (SSSR count). The zero-order valence-electron chi connectivity index (χ0n) is 18.3. The lowest BCUT2D eigenvalue weighted by Gasteiger charge is -2.56. The zero-order chi connectivity index (χ0) is 25.4. The minimum atomic E-state index is -4.61. The second-order valence-corrected chi connectivity index (χ2v) is 9.36. The molecule has 2 bridgehead atoms. The number of fused-ring (bicyclic) bond motifs is 3. The maximum absolute atomic E-state index is 13.5. The third kappa shape index (κ3) is 5.35. The Morgan fingerprint density at radius 2 is 1.86 bits per heavy atom. The monoisotopic (exact) mass is 515 g/mol. The van der Waals surface area contributed by atoms with Gasteiger partial charge in [0, 0.05) is 17.8 Å². The molecule has 3 fully saturated rings. The van der Waals surface area contributed by atoms with Gasteiger partial charge in [-0.1, -0.05) is 11.6 Å². The molecular weight excluding hydrogens is 494 g/mol. The lowest BCUT2D eigenvalue weighted by atomic mass is 9.60. The average Bonchev–Trinajstić information content (AvgIpc) is 2.80. The van der Waals surface area contributed by atoms with Crippen molar-refractivity contribution in [2.75, 3.05) is 6.61 Å². The molecule has 3 saturated carbocycles. The highest BCUT2D eigenvalue weighted by Crippen LogP contribution is 2.47. The van der Waals surface area contributed by atoms with Crippen LogP contribution in [-0.4, -0.2) is 45.7 Å². The Kier molecular flexibility index (Phi) is 6.67. The Labute approximate surface area is 202 Å². The first-order valence-electron chi connectivity index (χ1n) is 10.8. The van der Waals surface area contributed by atoms with Crippen LogP contribution in [0.15, 0.2) is 36.5 Å². The summed E-state index contributed by atoms with van der Waals surface area (Å²) in [6.07, 6.45) is -3.09. The molecule has 188 valence electrons. The number of rotatable bonds is 6. The maximum Gasteiger partial charge on any atom is 0.416 e. The molecule has 0 spiro atoms. The second-order valence-electron chi connectivity index (χ2n) is 8.95. The van der Waals surface area contributed by atoms with Gasteiger partial charge in [0.05, 0.1) is 22.2 Å². The number of aliphatic hydroxyl groups excluding tert-OH is 1. The first-order valence-corrected chi connectivity index (χ1v) is 11.2. The highest BCUT2D eigenvalue weighted by molar-refractivity contribution is 6.30. The number of aliphatic hydroxyl groups is 1. The minimum Gasteiger partial charge on any atom is -0.484 e. The van der Waals surface area contributed by atoms with Crippen LogP contribution in [-0.2, 0) is 11.0 Å². The molecule has 1 unspecified atom stereocenters. The molecule has 2 aromatic rings. The fourth-order valence-electron chi connectivity index (χ4n) is 4.73. The second kappa shape index (κ2) is 9.27. The van der Waals surface area contributed by atoms with Crippen LogP contribution in [0.4, 0.5) is 17.6 Å². The van der Waals surface area contributed by atoms with E-state index in [1.54, 1.807) is 0 Å². The molecular formula is C23H22ClF4N3O4. The van der Waals surface area contributed by atoms with E-state index in [4.69, 9.17) is 16.3 Å². The lowest BCUT2D eigenvalue weighted by molar-refractivity contribution is -0.137. The van der Waals surface area contributed by atoms with Gasteiger partial charge in [-0.05, 0) is 56.4 Å². The standard InChI is InChI=1S/C23H22ClF4N3O4/c24-15-2-1-14(10-16(15)25)35-12-19(33)30-22-6-4-21(5-7-22,11-18(22)32)31-20(34)17-9-13(3-8-29-17)23(26,27)28/h1-3,8-10,18,32H,4-7,11-12H2,(H,30,33)(H,31,34). The first kappa shape index (κ1) is 25.2. The van der Waals surface area contributed by atoms with E-state index in [1.807, 2.05) is 0 Å². The number of nitrogens with zero attached hydrogens (tertiary/aromatic N) is 1. The highest BCUT2D eigenvalue weighted by Gasteiger charge is 2.55. The number of carbonyl (C=O) groups excluding carboxylic acids is 2. The Morgan fingerprint density at radius 3 is 2.49 bits per heavy atom. The number of halogens is 5. The molecule has 1 aromatic heterocycles. The fourth-order valence-corrected chi connectivity index (χ4v) is 4.84. The number of nitrogens with one attached hydrogen (secondary N) is 2. The van der Waals surface area contributed by atoms with Crippen LogP contribution in [0.25, 0.3) is 0 Å². The van der Waals surface area contributed by atoms with E-state index < -0.39 is 53.2 Å². The van der Waals surface area contributed by atoms with Crippen LogP contribution in [0.3, 0.4) is 0 Å². The summed E-state index contributed by atoms with van der Waals surface area (Å²) in [7, 11) is 0. The Hall–Kier alpha value is -2.92. The minimum absolute atomic E-state index is 0.0763. The molecule has 35 heavy (non-hydrogen) atoms. The van der Waals surface area contributed by atoms with Crippen molar-refractivity contribution in [3.05, 3.63) is 58.6 Å². The SMILES string of the molecule is O=C(COc1ccc(Cl)c(F)c1)NC12CCC(NC(=O)c3cc(C(F)(F)F)ccn3)(CC1)CC2O. The summed E-state index contributed by atoms with van der Waals surface area (Å²) < 4.78 is 57.7. The Bertz CT molecular complexity index is 1140. The number of hydrogen-bond donors (Lipinski definition) is 3. The molecule has 3 N–H and O–H groups in total. The summed E-state index contributed by atoms with van der Waals surface area (Å²) in [5.74, 6) is -1.83. The van der Waals surface area contributed by atoms with Crippen LogP contribution >= 0.6 is 11.6 Å². The van der Waals surface area contributed by atoms with Crippen LogP contribution in [0, 0.1) is 5.82 Å². The Morgan fingerprint density at radius 1 is 1.14 bits per heavy atom. The summed E-state index contributed by atoms with van der Waals surface area (Å²) >= 11 is 5.62. The quantitative estimate of drug-likeness (QED) is 0.510. The molecule has 3 aliphatic carbocycles. The van der Waals surface area contributed by atoms with Gasteiger partial charge >= 0.3 is 6.18 Å². The van der Waals surface area contributed by atoms with Crippen LogP contribution in [0.5, 0.6) is 5.75 Å². The largest absolute Gasteiger partial charge is 0.484 e. The van der Waals surface area contributed by atoms with Gasteiger partial charge in [-0.2, -0.15) is 13.2 Å². The zero-order valence-corrected chi connectivity index (χ0v) is 19.0. The number of ether oxygens (including phenoxy) is 1. The summed E-state index contributed by atoms with van der Waals surface area (Å²) in [6, 6.07) is 5.25. The van der Waals surface area contributed by atoms with E-state index in [1.165, 1.54) is 12.1 Å². The predicted octanol–water partition coefficient (Wildman–Crippen LogP) is 3.63. The molecule has 1 aromatic carbocycles. The normalized spacial score (nSPS) is 25.7. The van der Waals surface area contributed by atoms with Gasteiger partial charge in [0.1, 0.15) is 17.3 Å². The van der Waals surface area contributed by atoms with Gasteiger partial charge in [-0.25, -0.2) is 4.39 Å². The maximum atomic E-state index is 13.5. The number of pyridine rings is 1. The van der Waals surface area contributed by atoms with Crippen molar-refractivity contribution in [1.82, 2.24) is 15.6 Å². The molecule has 0 saturated heterocycles. The average molecular weight is 516 g/mol. The number of aromatic nitrogens is 1. The summed E-state index contributed by atoms with van der Waals surface area (Å²) in [4.78, 5) is 28.9. The predicted molar refractivity (Wildman–Crippen MR) is 116 cm³/mol. The Balaban J connectivity index is 1.36. The molecule has 3 aliphatic rings. The summed E-state index contributed by atoms with van der Waals surface area (Å²) in [5, 5.41) is 16.3. The lowest BCUT2D eigenvalue weighted by Crippen LogP contribution is -2.70. The third-order valence-corrected chi connectivity index (χ3v) is 6.98. The number of benzene rings is 1. The van der Waals surface area contributed by atoms with Crippen molar-refractivity contribution in [2.45, 2.75) is 55.5 Å². The smallest absolute Gasteiger partial charge is 0.416 e. The number of carbonyl (C=O) groups is 2. The van der Waals surface area contributed by atoms with Crippen molar-refractivity contribution in [1.29, 1.82) is 0 Å². The van der Waals surface area contributed by atoms with Gasteiger partial charge < -0.3 is 20.5 Å². The number of alkyl halides is 3. The highest BCUT2D eigenvalue weighted by atomic mass is 35.5. The van der Waals surface area contributed by atoms with Gasteiger partial charge in [-0.3, -0.25) is 14.6 Å². The fraction of sp³-hybridized carbons (Fsp3) is 0.435. The van der Waals surface area contributed by atoms with E-state index in [2.05, 4.69) is 15.6 Å². The van der Waals surface area contributed by atoms with Gasteiger partial charge in [0.2, 0.25) is 0 Å². The van der Waals surface area contributed by atoms with Crippen LogP contribution in [0.1, 0.15) is 48.2 Å². The van der Waals surface area contributed by atoms with Gasteiger partial charge in [-0.15, -0.1) is 0 Å². The number of hydrogen-bond acceptors (Lipinski definition) is 5. The van der Waals surface area contributed by atoms with Crippen LogP contribution < -0.4 is 15.4 Å². The molecule has 2 amide bonds. The van der Waals surface area contributed by atoms with Crippen molar-refractivity contribution in [2.24, 2.45) is 0 Å². The van der Waals surface area contributed by atoms with E-state index in [0.29, 0.717) is 31.7 Å². The molecule has 0 radical (unpaired) electrons. The van der Waals surface area contributed by atoms with Crippen molar-refractivity contribution in [3.8, 4) is 5.75 Å². The first-order chi connectivity index (χ1) is 16.4.